The third kappa shape index (κ3) is 5.08. The Morgan fingerprint density at radius 1 is 1.33 bits per heavy atom. The van der Waals surface area contributed by atoms with Gasteiger partial charge in [0, 0.05) is 19.0 Å². The van der Waals surface area contributed by atoms with Crippen molar-refractivity contribution in [1.82, 2.24) is 5.32 Å². The standard InChI is InChI=1S/C14H22N2O2/c1-4-18-13-8-6-5-7-12(13)15-10-9-14(17)16-11(2)3/h5-8,11,15H,4,9-10H2,1-3H3,(H,16,17). The lowest BCUT2D eigenvalue weighted by atomic mass is 10.2. The molecule has 100 valence electrons. The maximum atomic E-state index is 11.5. The highest BCUT2D eigenvalue weighted by atomic mass is 16.5. The lowest BCUT2D eigenvalue weighted by molar-refractivity contribution is -0.121. The Hall–Kier alpha value is -1.71. The van der Waals surface area contributed by atoms with Crippen molar-refractivity contribution < 1.29 is 9.53 Å². The lowest BCUT2D eigenvalue weighted by Crippen LogP contribution is -2.31. The Morgan fingerprint density at radius 3 is 2.72 bits per heavy atom. The van der Waals surface area contributed by atoms with E-state index in [1.54, 1.807) is 0 Å². The molecule has 0 unspecified atom stereocenters. The minimum Gasteiger partial charge on any atom is -0.492 e. The molecule has 1 aromatic carbocycles. The van der Waals surface area contributed by atoms with E-state index in [1.165, 1.54) is 0 Å². The Labute approximate surface area is 109 Å². The molecule has 0 spiro atoms. The Balaban J connectivity index is 2.41. The molecule has 0 fully saturated rings. The van der Waals surface area contributed by atoms with Gasteiger partial charge in [-0.15, -0.1) is 0 Å². The van der Waals surface area contributed by atoms with E-state index >= 15 is 0 Å². The zero-order chi connectivity index (χ0) is 13.4. The van der Waals surface area contributed by atoms with E-state index in [-0.39, 0.29) is 11.9 Å². The lowest BCUT2D eigenvalue weighted by Gasteiger charge is -2.12. The summed E-state index contributed by atoms with van der Waals surface area (Å²) in [5.74, 6) is 0.885. The highest BCUT2D eigenvalue weighted by Crippen LogP contribution is 2.23. The van der Waals surface area contributed by atoms with E-state index in [0.717, 1.165) is 11.4 Å². The quantitative estimate of drug-likeness (QED) is 0.781. The van der Waals surface area contributed by atoms with Crippen LogP contribution in [0.4, 0.5) is 5.69 Å². The van der Waals surface area contributed by atoms with Gasteiger partial charge in [-0.1, -0.05) is 12.1 Å². The highest BCUT2D eigenvalue weighted by molar-refractivity contribution is 5.76. The van der Waals surface area contributed by atoms with Gasteiger partial charge in [-0.3, -0.25) is 4.79 Å². The molecule has 1 amide bonds. The number of rotatable bonds is 7. The molecule has 0 radical (unpaired) electrons. The van der Waals surface area contributed by atoms with Crippen LogP contribution in [-0.4, -0.2) is 25.1 Å². The third-order valence-corrected chi connectivity index (χ3v) is 2.30. The van der Waals surface area contributed by atoms with Gasteiger partial charge in [-0.25, -0.2) is 0 Å². The van der Waals surface area contributed by atoms with Gasteiger partial charge in [0.2, 0.25) is 5.91 Å². The van der Waals surface area contributed by atoms with Crippen LogP contribution in [0.5, 0.6) is 5.75 Å². The highest BCUT2D eigenvalue weighted by Gasteiger charge is 2.04. The predicted octanol–water partition coefficient (Wildman–Crippen LogP) is 2.41. The first-order valence-electron chi connectivity index (χ1n) is 6.38. The molecular weight excluding hydrogens is 228 g/mol. The number of nitrogens with one attached hydrogen (secondary N) is 2. The molecule has 0 aliphatic carbocycles. The second-order valence-corrected chi connectivity index (χ2v) is 4.33. The molecule has 4 nitrogen and oxygen atoms in total. The molecule has 2 N–H and O–H groups in total. The summed E-state index contributed by atoms with van der Waals surface area (Å²) in [6.07, 6.45) is 0.457. The van der Waals surface area contributed by atoms with Gasteiger partial charge in [0.05, 0.1) is 12.3 Å². The Morgan fingerprint density at radius 2 is 2.06 bits per heavy atom. The van der Waals surface area contributed by atoms with Crippen molar-refractivity contribution >= 4 is 11.6 Å². The van der Waals surface area contributed by atoms with Crippen LogP contribution in [0.3, 0.4) is 0 Å². The van der Waals surface area contributed by atoms with Gasteiger partial charge in [-0.05, 0) is 32.9 Å². The summed E-state index contributed by atoms with van der Waals surface area (Å²) >= 11 is 0. The Kier molecular flexibility index (Phi) is 6.05. The summed E-state index contributed by atoms with van der Waals surface area (Å²) in [5, 5.41) is 6.07. The second kappa shape index (κ2) is 7.58. The number of hydrogen-bond acceptors (Lipinski definition) is 3. The smallest absolute Gasteiger partial charge is 0.221 e. The summed E-state index contributed by atoms with van der Waals surface area (Å²) in [6, 6.07) is 7.93. The number of para-hydroxylation sites is 2. The molecule has 0 atom stereocenters. The van der Waals surface area contributed by atoms with E-state index in [9.17, 15) is 4.79 Å². The average Bonchev–Trinajstić information content (AvgIpc) is 2.30. The number of benzene rings is 1. The molecule has 1 aromatic rings. The average molecular weight is 250 g/mol. The fraction of sp³-hybridized carbons (Fsp3) is 0.500. The first kappa shape index (κ1) is 14.4. The summed E-state index contributed by atoms with van der Waals surface area (Å²) in [7, 11) is 0. The van der Waals surface area contributed by atoms with E-state index in [2.05, 4.69) is 10.6 Å². The normalized spacial score (nSPS) is 10.2. The molecule has 0 saturated carbocycles. The van der Waals surface area contributed by atoms with Crippen molar-refractivity contribution in [2.75, 3.05) is 18.5 Å². The molecule has 0 aromatic heterocycles. The maximum absolute atomic E-state index is 11.5. The second-order valence-electron chi connectivity index (χ2n) is 4.33. The van der Waals surface area contributed by atoms with Gasteiger partial charge in [0.15, 0.2) is 0 Å². The van der Waals surface area contributed by atoms with E-state index in [1.807, 2.05) is 45.0 Å². The van der Waals surface area contributed by atoms with Crippen LogP contribution in [0.15, 0.2) is 24.3 Å². The van der Waals surface area contributed by atoms with Crippen molar-refractivity contribution in [1.29, 1.82) is 0 Å². The molecule has 4 heteroatoms. The fourth-order valence-electron chi connectivity index (χ4n) is 1.60. The van der Waals surface area contributed by atoms with Crippen molar-refractivity contribution in [3.63, 3.8) is 0 Å². The van der Waals surface area contributed by atoms with E-state index in [4.69, 9.17) is 4.74 Å². The van der Waals surface area contributed by atoms with Gasteiger partial charge >= 0.3 is 0 Å². The summed E-state index contributed by atoms with van der Waals surface area (Å²) in [6.45, 7) is 7.09. The minimum atomic E-state index is 0.0615. The zero-order valence-electron chi connectivity index (χ0n) is 11.3. The molecule has 0 aliphatic rings. The van der Waals surface area contributed by atoms with Crippen LogP contribution in [0.25, 0.3) is 0 Å². The van der Waals surface area contributed by atoms with Gasteiger partial charge < -0.3 is 15.4 Å². The van der Waals surface area contributed by atoms with Crippen molar-refractivity contribution in [2.45, 2.75) is 33.2 Å². The van der Waals surface area contributed by atoms with Crippen LogP contribution in [0, 0.1) is 0 Å². The molecule has 18 heavy (non-hydrogen) atoms. The van der Waals surface area contributed by atoms with Crippen LogP contribution in [0.1, 0.15) is 27.2 Å². The van der Waals surface area contributed by atoms with E-state index < -0.39 is 0 Å². The van der Waals surface area contributed by atoms with Crippen LogP contribution in [0.2, 0.25) is 0 Å². The minimum absolute atomic E-state index is 0.0615. The Bertz CT molecular complexity index is 378. The molecule has 1 rings (SSSR count). The predicted molar refractivity (Wildman–Crippen MR) is 74.0 cm³/mol. The SMILES string of the molecule is CCOc1ccccc1NCCC(=O)NC(C)C. The van der Waals surface area contributed by atoms with Crippen molar-refractivity contribution in [2.24, 2.45) is 0 Å². The van der Waals surface area contributed by atoms with Gasteiger partial charge in [-0.2, -0.15) is 0 Å². The first-order chi connectivity index (χ1) is 8.63. The number of anilines is 1. The van der Waals surface area contributed by atoms with Gasteiger partial charge in [0.25, 0.3) is 0 Å². The third-order valence-electron chi connectivity index (χ3n) is 2.30. The molecular formula is C14H22N2O2. The largest absolute Gasteiger partial charge is 0.492 e. The number of amides is 1. The van der Waals surface area contributed by atoms with Crippen LogP contribution < -0.4 is 15.4 Å². The van der Waals surface area contributed by atoms with Crippen LogP contribution >= 0.6 is 0 Å². The summed E-state index contributed by atoms with van der Waals surface area (Å²) < 4.78 is 5.50. The molecule has 0 bridgehead atoms. The monoisotopic (exact) mass is 250 g/mol. The summed E-state index contributed by atoms with van der Waals surface area (Å²) in [4.78, 5) is 11.5. The molecule has 0 saturated heterocycles. The van der Waals surface area contributed by atoms with E-state index in [0.29, 0.717) is 19.6 Å². The number of carbonyl (C=O) groups excluding carboxylic acids is 1. The maximum Gasteiger partial charge on any atom is 0.221 e. The number of hydrogen-bond donors (Lipinski definition) is 2. The van der Waals surface area contributed by atoms with Gasteiger partial charge in [0.1, 0.15) is 5.75 Å². The number of ether oxygens (including phenoxy) is 1. The van der Waals surface area contributed by atoms with Crippen molar-refractivity contribution in [3.05, 3.63) is 24.3 Å². The molecule has 0 heterocycles. The summed E-state index contributed by atoms with van der Waals surface area (Å²) in [5.41, 5.74) is 0.927. The first-order valence-corrected chi connectivity index (χ1v) is 6.38. The molecule has 0 aliphatic heterocycles. The van der Waals surface area contributed by atoms with Crippen molar-refractivity contribution in [3.8, 4) is 5.75 Å². The fourth-order valence-corrected chi connectivity index (χ4v) is 1.60. The number of carbonyl (C=O) groups is 1. The zero-order valence-corrected chi connectivity index (χ0v) is 11.3. The topological polar surface area (TPSA) is 50.4 Å². The van der Waals surface area contributed by atoms with Crippen LogP contribution in [-0.2, 0) is 4.79 Å².